The van der Waals surface area contributed by atoms with Crippen molar-refractivity contribution in [2.45, 2.75) is 40.5 Å². The summed E-state index contributed by atoms with van der Waals surface area (Å²) < 4.78 is 10.6. The molecular formula is C34H49N13O3. The summed E-state index contributed by atoms with van der Waals surface area (Å²) in [5.74, 6) is 1.85. The number of hydrogen-bond donors (Lipinski definition) is 5. The van der Waals surface area contributed by atoms with E-state index in [9.17, 15) is 4.79 Å². The first kappa shape index (κ1) is 37.5. The quantitative estimate of drug-likeness (QED) is 0.0236. The average molecular weight is 688 g/mol. The highest BCUT2D eigenvalue weighted by atomic mass is 16.5. The van der Waals surface area contributed by atoms with Crippen LogP contribution in [0, 0.1) is 0 Å². The predicted octanol–water partition coefficient (Wildman–Crippen LogP) is 5.34. The standard InChI is InChI=1S/C34H49N13O3/c1-6-35-18-10-20-46(8-3)32-41-31(42-33(43-32)47(9-4)21-11-19-36-7-2)38-25-12-14-26(15-13-25)44-45-30(23-49-5)50-24-37-27-16-17-28-29(22-27)40-34(48)39-28/h12-17,22-24,35-36H,6-11,18-21H2,1-5H3,(H2,39,40,48)(H,38,41,42,43)/b30-23-,37-24?,45-44?. The molecule has 2 aromatic carbocycles. The third-order valence-corrected chi connectivity index (χ3v) is 7.49. The van der Waals surface area contributed by atoms with Crippen molar-refractivity contribution >= 4 is 52.3 Å². The zero-order chi connectivity index (χ0) is 35.6. The number of imidazole rings is 1. The molecule has 0 aliphatic carbocycles. The fourth-order valence-corrected chi connectivity index (χ4v) is 4.90. The van der Waals surface area contributed by atoms with Crippen LogP contribution in [0.1, 0.15) is 40.5 Å². The highest BCUT2D eigenvalue weighted by molar-refractivity contribution is 5.78. The number of H-pyrrole nitrogens is 2. The number of fused-ring (bicyclic) bond motifs is 1. The smallest absolute Gasteiger partial charge is 0.323 e. The number of nitrogens with zero attached hydrogens (tertiary/aromatic N) is 8. The second-order valence-electron chi connectivity index (χ2n) is 11.1. The Morgan fingerprint density at radius 3 is 2.06 bits per heavy atom. The minimum atomic E-state index is -0.282. The Kier molecular flexibility index (Phi) is 15.2. The van der Waals surface area contributed by atoms with Crippen LogP contribution in [0.4, 0.5) is 34.9 Å². The number of methoxy groups -OCH3 is 1. The molecule has 16 heteroatoms. The molecular weight excluding hydrogens is 638 g/mol. The van der Waals surface area contributed by atoms with Crippen molar-refractivity contribution in [1.82, 2.24) is 35.6 Å². The molecule has 0 radical (unpaired) electrons. The SMILES string of the molecule is CCNCCCN(CC)c1nc(Nc2ccc(N=N/C(=C/OC)OC=Nc3ccc4[nH]c(=O)[nH]c4c3)cc2)nc(N(CC)CCCNCC)n1. The molecule has 268 valence electrons. The summed E-state index contributed by atoms with van der Waals surface area (Å²) in [5, 5.41) is 18.6. The van der Waals surface area contributed by atoms with Crippen molar-refractivity contribution in [1.29, 1.82) is 0 Å². The lowest BCUT2D eigenvalue weighted by molar-refractivity contribution is 0.300. The summed E-state index contributed by atoms with van der Waals surface area (Å²) >= 11 is 0. The van der Waals surface area contributed by atoms with Crippen LogP contribution in [0.5, 0.6) is 0 Å². The summed E-state index contributed by atoms with van der Waals surface area (Å²) in [6.07, 6.45) is 4.50. The maximum atomic E-state index is 11.5. The van der Waals surface area contributed by atoms with E-state index in [1.54, 1.807) is 18.2 Å². The number of nitrogens with one attached hydrogen (secondary N) is 5. The first-order valence-electron chi connectivity index (χ1n) is 17.1. The van der Waals surface area contributed by atoms with Gasteiger partial charge in [-0.1, -0.05) is 13.8 Å². The molecule has 0 aliphatic heterocycles. The van der Waals surface area contributed by atoms with Gasteiger partial charge in [0, 0.05) is 31.9 Å². The maximum Gasteiger partial charge on any atom is 0.323 e. The Hall–Kier alpha value is -5.35. The van der Waals surface area contributed by atoms with Crippen LogP contribution >= 0.6 is 0 Å². The van der Waals surface area contributed by atoms with Gasteiger partial charge in [0.1, 0.15) is 6.26 Å². The van der Waals surface area contributed by atoms with E-state index in [2.05, 4.69) is 78.6 Å². The molecule has 0 unspecified atom stereocenters. The van der Waals surface area contributed by atoms with Gasteiger partial charge in [-0.3, -0.25) is 0 Å². The summed E-state index contributed by atoms with van der Waals surface area (Å²) in [5.41, 5.74) is 3.01. The number of hydrogen-bond acceptors (Lipinski definition) is 14. The number of anilines is 4. The van der Waals surface area contributed by atoms with Gasteiger partial charge < -0.3 is 45.2 Å². The molecule has 0 amide bonds. The summed E-state index contributed by atoms with van der Waals surface area (Å²) in [7, 11) is 1.48. The molecule has 5 N–H and O–H groups in total. The van der Waals surface area contributed by atoms with Crippen molar-refractivity contribution in [3.8, 4) is 0 Å². The van der Waals surface area contributed by atoms with E-state index >= 15 is 0 Å². The Balaban J connectivity index is 1.45. The Bertz CT molecular complexity index is 1710. The molecule has 2 heterocycles. The maximum absolute atomic E-state index is 11.5. The molecule has 0 spiro atoms. The Morgan fingerprint density at radius 1 is 0.840 bits per heavy atom. The minimum absolute atomic E-state index is 0.0942. The number of rotatable bonds is 22. The van der Waals surface area contributed by atoms with Crippen molar-refractivity contribution < 1.29 is 9.47 Å². The molecule has 0 saturated carbocycles. The van der Waals surface area contributed by atoms with Crippen LogP contribution in [-0.4, -0.2) is 90.8 Å². The van der Waals surface area contributed by atoms with Gasteiger partial charge in [-0.2, -0.15) is 15.0 Å². The molecule has 50 heavy (non-hydrogen) atoms. The van der Waals surface area contributed by atoms with E-state index in [4.69, 9.17) is 24.4 Å². The zero-order valence-electron chi connectivity index (χ0n) is 29.6. The third kappa shape index (κ3) is 11.7. The highest BCUT2D eigenvalue weighted by Crippen LogP contribution is 2.23. The molecule has 4 rings (SSSR count). The summed E-state index contributed by atoms with van der Waals surface area (Å²) in [6, 6.07) is 12.6. The van der Waals surface area contributed by atoms with Gasteiger partial charge in [0.25, 0.3) is 5.88 Å². The third-order valence-electron chi connectivity index (χ3n) is 7.49. The molecule has 2 aromatic heterocycles. The van der Waals surface area contributed by atoms with E-state index in [0.717, 1.165) is 70.9 Å². The van der Waals surface area contributed by atoms with Crippen LogP contribution in [0.3, 0.4) is 0 Å². The highest BCUT2D eigenvalue weighted by Gasteiger charge is 2.16. The lowest BCUT2D eigenvalue weighted by Crippen LogP contribution is -2.32. The monoisotopic (exact) mass is 687 g/mol. The van der Waals surface area contributed by atoms with Gasteiger partial charge in [-0.25, -0.2) is 9.79 Å². The Morgan fingerprint density at radius 2 is 1.46 bits per heavy atom. The van der Waals surface area contributed by atoms with Crippen LogP contribution in [-0.2, 0) is 9.47 Å². The van der Waals surface area contributed by atoms with Gasteiger partial charge >= 0.3 is 5.69 Å². The zero-order valence-corrected chi connectivity index (χ0v) is 29.6. The number of benzene rings is 2. The molecule has 0 fully saturated rings. The van der Waals surface area contributed by atoms with Gasteiger partial charge in [0.15, 0.2) is 6.40 Å². The van der Waals surface area contributed by atoms with E-state index < -0.39 is 0 Å². The van der Waals surface area contributed by atoms with Crippen LogP contribution in [0.15, 0.2) is 74.6 Å². The fourth-order valence-electron chi connectivity index (χ4n) is 4.90. The second-order valence-corrected chi connectivity index (χ2v) is 11.1. The largest absolute Gasteiger partial charge is 0.499 e. The van der Waals surface area contributed by atoms with Crippen molar-refractivity contribution in [3.05, 3.63) is 65.1 Å². The van der Waals surface area contributed by atoms with Crippen molar-refractivity contribution in [2.75, 3.05) is 74.6 Å². The van der Waals surface area contributed by atoms with E-state index in [1.807, 2.05) is 24.3 Å². The number of aromatic amines is 2. The molecule has 0 aliphatic rings. The van der Waals surface area contributed by atoms with Gasteiger partial charge in [-0.05, 0) is 95.3 Å². The average Bonchev–Trinajstić information content (AvgIpc) is 3.50. The fraction of sp³-hybridized carbons (Fsp3) is 0.441. The predicted molar refractivity (Wildman–Crippen MR) is 199 cm³/mol. The minimum Gasteiger partial charge on any atom is -0.499 e. The van der Waals surface area contributed by atoms with Crippen LogP contribution in [0.2, 0.25) is 0 Å². The van der Waals surface area contributed by atoms with Crippen molar-refractivity contribution in [3.63, 3.8) is 0 Å². The van der Waals surface area contributed by atoms with E-state index in [0.29, 0.717) is 40.3 Å². The van der Waals surface area contributed by atoms with Gasteiger partial charge in [0.05, 0.1) is 29.5 Å². The summed E-state index contributed by atoms with van der Waals surface area (Å²) in [4.78, 5) is 40.1. The van der Waals surface area contributed by atoms with Crippen molar-refractivity contribution in [2.24, 2.45) is 15.2 Å². The number of azo groups is 1. The molecule has 4 aromatic rings. The molecule has 0 saturated heterocycles. The van der Waals surface area contributed by atoms with Crippen LogP contribution in [0.25, 0.3) is 11.0 Å². The van der Waals surface area contributed by atoms with Gasteiger partial charge in [-0.15, -0.1) is 10.2 Å². The number of ether oxygens (including phenoxy) is 2. The molecule has 0 bridgehead atoms. The lowest BCUT2D eigenvalue weighted by Gasteiger charge is -2.25. The van der Waals surface area contributed by atoms with E-state index in [1.165, 1.54) is 19.8 Å². The first-order chi connectivity index (χ1) is 24.5. The Labute approximate surface area is 292 Å². The van der Waals surface area contributed by atoms with E-state index in [-0.39, 0.29) is 11.6 Å². The van der Waals surface area contributed by atoms with Crippen LogP contribution < -0.4 is 31.4 Å². The van der Waals surface area contributed by atoms with Gasteiger partial charge in [0.2, 0.25) is 17.8 Å². The number of aliphatic imine (C=N–C) groups is 1. The molecule has 16 nitrogen and oxygen atoms in total. The normalized spacial score (nSPS) is 11.9. The lowest BCUT2D eigenvalue weighted by atomic mass is 10.3. The second kappa shape index (κ2) is 20.2. The number of aromatic nitrogens is 5. The first-order valence-corrected chi connectivity index (χ1v) is 17.1. The summed E-state index contributed by atoms with van der Waals surface area (Å²) in [6.45, 7) is 15.4. The molecule has 0 atom stereocenters. The topological polar surface area (TPSA) is 185 Å².